The van der Waals surface area contributed by atoms with Gasteiger partial charge in [-0.05, 0) is 95.0 Å². The number of oxime groups is 1. The Bertz CT molecular complexity index is 1860. The molecule has 0 amide bonds. The fourth-order valence-electron chi connectivity index (χ4n) is 11.2. The minimum Gasteiger partial charge on any atom is -0.458 e. The van der Waals surface area contributed by atoms with E-state index in [1.54, 1.807) is 55.4 Å². The first-order valence-corrected chi connectivity index (χ1v) is 27.3. The number of likely N-dealkylation sites (N-methyl/N-ethyl adjacent to an activating group) is 3. The standard InChI is InChI=1S/C49H90N4O16S/c1-18-36-48(12)42(68-45(56)69-48)31(6)38(50-62-23-24-70(17,59)60)29(4)26-46(10,57)41(67-44-39(54)35(51(13)14)25-30(5)63-44)32(7)40(33(8)43(55)65-36)66-37-27-47(11,61-16)49(58,34(9)64-37)28-52(15)21-22-53(19-2)20-3/h29-37,39-42,44,54,57-58H,18-28H2,1-17H3/b50-38+/t29-,30-,31+,32+,33-,34+,35+,36-,37+,39-,40+,41-,42-,44+,46+,47-,48-,49-/m1/s1. The van der Waals surface area contributed by atoms with E-state index < -0.39 is 117 Å². The van der Waals surface area contributed by atoms with E-state index in [0.29, 0.717) is 18.7 Å². The molecule has 0 aliphatic carbocycles. The largest absolute Gasteiger partial charge is 0.509 e. The molecule has 4 fully saturated rings. The predicted molar refractivity (Wildman–Crippen MR) is 262 cm³/mol. The van der Waals surface area contributed by atoms with Crippen molar-refractivity contribution in [1.29, 1.82) is 0 Å². The summed E-state index contributed by atoms with van der Waals surface area (Å²) in [7, 11) is 3.77. The molecule has 0 spiro atoms. The summed E-state index contributed by atoms with van der Waals surface area (Å²) in [4.78, 5) is 39.9. The molecule has 4 aliphatic rings. The van der Waals surface area contributed by atoms with Gasteiger partial charge in [-0.3, -0.25) is 4.79 Å². The van der Waals surface area contributed by atoms with E-state index in [-0.39, 0.29) is 50.3 Å². The smallest absolute Gasteiger partial charge is 0.458 e. The number of hydrogen-bond donors (Lipinski definition) is 3. The van der Waals surface area contributed by atoms with Crippen LogP contribution >= 0.6 is 0 Å². The average Bonchev–Trinajstić information content (AvgIpc) is 3.59. The van der Waals surface area contributed by atoms with Gasteiger partial charge in [0.1, 0.15) is 30.0 Å². The summed E-state index contributed by atoms with van der Waals surface area (Å²) in [5.41, 5.74) is -5.81. The Hall–Kier alpha value is -2.28. The van der Waals surface area contributed by atoms with Crippen LogP contribution in [0.25, 0.3) is 0 Å². The first-order chi connectivity index (χ1) is 32.4. The average molecular weight is 1020 g/mol. The van der Waals surface area contributed by atoms with Gasteiger partial charge in [-0.15, -0.1) is 0 Å². The molecule has 0 aromatic heterocycles. The quantitative estimate of drug-likeness (QED) is 0.101. The molecule has 4 rings (SSSR count). The van der Waals surface area contributed by atoms with Crippen molar-refractivity contribution in [1.82, 2.24) is 14.7 Å². The molecule has 4 aliphatic heterocycles. The number of esters is 1. The van der Waals surface area contributed by atoms with Gasteiger partial charge in [-0.1, -0.05) is 46.7 Å². The molecule has 0 unspecified atom stereocenters. The number of hydrogen-bond acceptors (Lipinski definition) is 20. The number of nitrogens with zero attached hydrogens (tertiary/aromatic N) is 4. The predicted octanol–water partition coefficient (Wildman–Crippen LogP) is 3.46. The van der Waals surface area contributed by atoms with E-state index in [9.17, 15) is 33.3 Å². The Labute approximate surface area is 418 Å². The maximum Gasteiger partial charge on any atom is 0.509 e. The van der Waals surface area contributed by atoms with Crippen LogP contribution in [0.5, 0.6) is 0 Å². The van der Waals surface area contributed by atoms with Gasteiger partial charge in [0.25, 0.3) is 0 Å². The number of sulfone groups is 1. The highest BCUT2D eigenvalue weighted by molar-refractivity contribution is 7.90. The molecule has 70 heavy (non-hydrogen) atoms. The van der Waals surface area contributed by atoms with E-state index >= 15 is 0 Å². The Morgan fingerprint density at radius 2 is 1.53 bits per heavy atom. The summed E-state index contributed by atoms with van der Waals surface area (Å²) >= 11 is 0. The van der Waals surface area contributed by atoms with Crippen LogP contribution < -0.4 is 0 Å². The Morgan fingerprint density at radius 3 is 2.10 bits per heavy atom. The Balaban J connectivity index is 1.87. The number of aliphatic hydroxyl groups is 3. The second-order valence-corrected chi connectivity index (χ2v) is 23.8. The number of ether oxygens (including phenoxy) is 8. The van der Waals surface area contributed by atoms with Gasteiger partial charge in [0.05, 0.1) is 47.4 Å². The fourth-order valence-corrected chi connectivity index (χ4v) is 11.6. The van der Waals surface area contributed by atoms with Crippen LogP contribution in [0, 0.1) is 23.7 Å². The highest BCUT2D eigenvalue weighted by Crippen LogP contribution is 2.45. The van der Waals surface area contributed by atoms with Gasteiger partial charge in [-0.2, -0.15) is 0 Å². The molecular formula is C49H90N4O16S. The summed E-state index contributed by atoms with van der Waals surface area (Å²) in [5.74, 6) is -4.51. The van der Waals surface area contributed by atoms with Crippen LogP contribution in [0.3, 0.4) is 0 Å². The van der Waals surface area contributed by atoms with Gasteiger partial charge in [-0.25, -0.2) is 13.2 Å². The molecule has 0 saturated carbocycles. The van der Waals surface area contributed by atoms with Crippen LogP contribution in [0.1, 0.15) is 109 Å². The number of carbonyl (C=O) groups excluding carboxylic acids is 2. The van der Waals surface area contributed by atoms with E-state index in [0.717, 1.165) is 25.9 Å². The number of carbonyl (C=O) groups is 2. The SMILES string of the molecule is CC[C@H]1OC(=O)[C@H](C)[C@@H](O[C@H]2C[C@@](C)(OC)[C@@](O)(CN(C)CCN(CC)CC)[C@H](C)O2)[C@H](C)[C@@H](O[C@@H]2O[C@H](C)C[C@H](N(C)C)[C@H]2O)[C@@](C)(O)C[C@@H](C)/C(=N\OCCS(C)(=O)=O)[C@H](C)[C@H]2OC(=O)O[C@@]21C. The van der Waals surface area contributed by atoms with Crippen LogP contribution in [0.2, 0.25) is 0 Å². The summed E-state index contributed by atoms with van der Waals surface area (Å²) in [6.07, 6.45) is -8.44. The lowest BCUT2D eigenvalue weighted by Crippen LogP contribution is -2.70. The van der Waals surface area contributed by atoms with E-state index in [1.165, 1.54) is 7.11 Å². The van der Waals surface area contributed by atoms with Crippen molar-refractivity contribution in [2.24, 2.45) is 28.8 Å². The molecule has 4 heterocycles. The zero-order chi connectivity index (χ0) is 52.9. The van der Waals surface area contributed by atoms with Crippen molar-refractivity contribution in [2.45, 2.75) is 193 Å². The maximum absolute atomic E-state index is 14.8. The molecule has 0 bridgehead atoms. The first kappa shape index (κ1) is 60.3. The lowest BCUT2D eigenvalue weighted by Gasteiger charge is -2.54. The minimum atomic E-state index is -3.42. The molecule has 0 aromatic rings. The highest BCUT2D eigenvalue weighted by Gasteiger charge is 2.61. The molecule has 408 valence electrons. The minimum absolute atomic E-state index is 0.0340. The van der Waals surface area contributed by atoms with Crippen molar-refractivity contribution in [2.75, 3.05) is 79.6 Å². The monoisotopic (exact) mass is 1020 g/mol. The van der Waals surface area contributed by atoms with Crippen molar-refractivity contribution < 1.29 is 76.1 Å². The number of fused-ring (bicyclic) bond motifs is 1. The molecule has 0 aromatic carbocycles. The van der Waals surface area contributed by atoms with Gasteiger partial charge in [0.15, 0.2) is 34.1 Å². The molecule has 18 atom stereocenters. The zero-order valence-electron chi connectivity index (χ0n) is 45.2. The Kier molecular flexibility index (Phi) is 21.0. The van der Waals surface area contributed by atoms with Crippen molar-refractivity contribution in [3.05, 3.63) is 0 Å². The molecule has 20 nitrogen and oxygen atoms in total. The van der Waals surface area contributed by atoms with Gasteiger partial charge < -0.3 is 72.8 Å². The van der Waals surface area contributed by atoms with Crippen LogP contribution in [0.15, 0.2) is 5.16 Å². The third-order valence-corrected chi connectivity index (χ3v) is 16.6. The summed E-state index contributed by atoms with van der Waals surface area (Å²) in [5, 5.41) is 41.9. The van der Waals surface area contributed by atoms with Crippen molar-refractivity contribution >= 4 is 27.7 Å². The molecule has 21 heteroatoms. The fraction of sp³-hybridized carbons (Fsp3) is 0.939. The molecular weight excluding hydrogens is 933 g/mol. The number of methoxy groups -OCH3 is 1. The normalized spacial score (nSPS) is 42.1. The number of aliphatic hydroxyl groups excluding tert-OH is 1. The summed E-state index contributed by atoms with van der Waals surface area (Å²) in [6, 6.07) is -0.369. The number of cyclic esters (lactones) is 1. The molecule has 4 saturated heterocycles. The zero-order valence-corrected chi connectivity index (χ0v) is 46.0. The van der Waals surface area contributed by atoms with Crippen LogP contribution in [-0.4, -0.2) is 220 Å². The summed E-state index contributed by atoms with van der Waals surface area (Å²) in [6.45, 7) is 24.9. The highest BCUT2D eigenvalue weighted by atomic mass is 32.2. The van der Waals surface area contributed by atoms with Gasteiger partial charge in [0, 0.05) is 63.2 Å². The van der Waals surface area contributed by atoms with Crippen LogP contribution in [0.4, 0.5) is 4.79 Å². The third kappa shape index (κ3) is 13.9. The Morgan fingerprint density at radius 1 is 0.886 bits per heavy atom. The van der Waals surface area contributed by atoms with E-state index in [4.69, 9.17) is 42.7 Å². The van der Waals surface area contributed by atoms with E-state index in [1.807, 2.05) is 39.9 Å². The second-order valence-electron chi connectivity index (χ2n) is 21.6. The lowest BCUT2D eigenvalue weighted by atomic mass is 9.73. The molecule has 0 radical (unpaired) electrons. The molecule has 3 N–H and O–H groups in total. The third-order valence-electron chi connectivity index (χ3n) is 15.7. The van der Waals surface area contributed by atoms with E-state index in [2.05, 4.69) is 28.8 Å². The first-order valence-electron chi connectivity index (χ1n) is 25.3. The van der Waals surface area contributed by atoms with Crippen molar-refractivity contribution in [3.8, 4) is 0 Å². The number of rotatable bonds is 18. The van der Waals surface area contributed by atoms with Gasteiger partial charge in [0.2, 0.25) is 0 Å². The van der Waals surface area contributed by atoms with Crippen LogP contribution in [-0.2, 0) is 57.4 Å². The topological polar surface area (TPSA) is 234 Å². The summed E-state index contributed by atoms with van der Waals surface area (Å²) < 4.78 is 75.2. The maximum atomic E-state index is 14.8. The second kappa shape index (κ2) is 24.4. The lowest BCUT2D eigenvalue weighted by molar-refractivity contribution is -0.339. The van der Waals surface area contributed by atoms with Gasteiger partial charge >= 0.3 is 12.1 Å². The van der Waals surface area contributed by atoms with Crippen molar-refractivity contribution in [3.63, 3.8) is 0 Å².